The standard InChI is InChI=1S/C27H29N3S/c1-29(2)12-5-13-30-24-6-3-4-7-26(24)31-27-17-21(10-11-25(27)30)23-15-20-9-8-19(18-28)14-22(20)16-23/h3-4,6-11,14,16-17H,5,12-13,15,18,28H2,1-2H3. The Morgan fingerprint density at radius 2 is 1.81 bits per heavy atom. The molecule has 0 fully saturated rings. The lowest BCUT2D eigenvalue weighted by Crippen LogP contribution is -2.25. The summed E-state index contributed by atoms with van der Waals surface area (Å²) >= 11 is 1.89. The molecule has 3 nitrogen and oxygen atoms in total. The van der Waals surface area contributed by atoms with Crippen LogP contribution in [0.4, 0.5) is 11.4 Å². The molecular weight excluding hydrogens is 398 g/mol. The number of para-hydroxylation sites is 1. The second-order valence-corrected chi connectivity index (χ2v) is 9.73. The van der Waals surface area contributed by atoms with Gasteiger partial charge in [0.2, 0.25) is 0 Å². The summed E-state index contributed by atoms with van der Waals surface area (Å²) in [6, 6.07) is 22.4. The van der Waals surface area contributed by atoms with Gasteiger partial charge in [-0.15, -0.1) is 0 Å². The van der Waals surface area contributed by atoms with Crippen LogP contribution in [0.3, 0.4) is 0 Å². The maximum Gasteiger partial charge on any atom is 0.0553 e. The van der Waals surface area contributed by atoms with E-state index in [9.17, 15) is 0 Å². The van der Waals surface area contributed by atoms with Gasteiger partial charge in [-0.1, -0.05) is 54.2 Å². The molecule has 5 rings (SSSR count). The molecule has 0 aromatic heterocycles. The van der Waals surface area contributed by atoms with Gasteiger partial charge in [0.05, 0.1) is 11.4 Å². The van der Waals surface area contributed by atoms with Crippen LogP contribution in [0.25, 0.3) is 11.6 Å². The Labute approximate surface area is 189 Å². The third-order valence-corrected chi connectivity index (χ3v) is 7.25. The van der Waals surface area contributed by atoms with Crippen LogP contribution in [-0.2, 0) is 13.0 Å². The molecule has 4 heteroatoms. The molecule has 0 saturated heterocycles. The van der Waals surface area contributed by atoms with Crippen molar-refractivity contribution in [2.45, 2.75) is 29.2 Å². The monoisotopic (exact) mass is 427 g/mol. The van der Waals surface area contributed by atoms with Crippen molar-refractivity contribution in [1.29, 1.82) is 0 Å². The minimum atomic E-state index is 0.592. The minimum Gasteiger partial charge on any atom is -0.340 e. The highest BCUT2D eigenvalue weighted by Crippen LogP contribution is 2.49. The largest absolute Gasteiger partial charge is 0.340 e. The smallest absolute Gasteiger partial charge is 0.0553 e. The highest BCUT2D eigenvalue weighted by Gasteiger charge is 2.24. The summed E-state index contributed by atoms with van der Waals surface area (Å²) < 4.78 is 0. The first-order valence-electron chi connectivity index (χ1n) is 11.0. The lowest BCUT2D eigenvalue weighted by Gasteiger charge is -2.33. The van der Waals surface area contributed by atoms with Crippen LogP contribution < -0.4 is 10.6 Å². The van der Waals surface area contributed by atoms with Gasteiger partial charge in [-0.05, 0) is 85.6 Å². The molecule has 0 amide bonds. The van der Waals surface area contributed by atoms with Gasteiger partial charge in [0.25, 0.3) is 0 Å². The molecule has 0 saturated carbocycles. The fourth-order valence-corrected chi connectivity index (χ4v) is 5.65. The number of nitrogens with two attached hydrogens (primary N) is 1. The highest BCUT2D eigenvalue weighted by molar-refractivity contribution is 7.99. The number of nitrogens with zero attached hydrogens (tertiary/aromatic N) is 2. The Balaban J connectivity index is 1.46. The number of rotatable bonds is 6. The molecule has 31 heavy (non-hydrogen) atoms. The fourth-order valence-electron chi connectivity index (χ4n) is 4.52. The first-order valence-corrected chi connectivity index (χ1v) is 11.8. The maximum atomic E-state index is 5.84. The Hall–Kier alpha value is -2.53. The predicted octanol–water partition coefficient (Wildman–Crippen LogP) is 5.80. The molecule has 2 N–H and O–H groups in total. The summed E-state index contributed by atoms with van der Waals surface area (Å²) in [7, 11) is 4.29. The van der Waals surface area contributed by atoms with Crippen LogP contribution in [0.1, 0.15) is 28.7 Å². The summed E-state index contributed by atoms with van der Waals surface area (Å²) in [6.07, 6.45) is 4.47. The lowest BCUT2D eigenvalue weighted by atomic mass is 10.0. The zero-order valence-corrected chi connectivity index (χ0v) is 19.1. The molecular formula is C27H29N3S. The number of hydrogen-bond acceptors (Lipinski definition) is 4. The zero-order chi connectivity index (χ0) is 21.4. The maximum absolute atomic E-state index is 5.84. The number of hydrogen-bond donors (Lipinski definition) is 1. The van der Waals surface area contributed by atoms with Gasteiger partial charge in [0.1, 0.15) is 0 Å². The number of benzene rings is 3. The minimum absolute atomic E-state index is 0.592. The van der Waals surface area contributed by atoms with Gasteiger partial charge < -0.3 is 15.5 Å². The van der Waals surface area contributed by atoms with Gasteiger partial charge >= 0.3 is 0 Å². The van der Waals surface area contributed by atoms with E-state index in [1.54, 1.807) is 0 Å². The molecule has 1 aliphatic carbocycles. The van der Waals surface area contributed by atoms with Crippen LogP contribution in [-0.4, -0.2) is 32.1 Å². The molecule has 0 bridgehead atoms. The SMILES string of the molecule is CN(C)CCCN1c2ccccc2Sc2cc(C3=Cc4cc(CN)ccc4C3)ccc21. The first kappa shape index (κ1) is 20.4. The summed E-state index contributed by atoms with van der Waals surface area (Å²) in [5, 5.41) is 0. The van der Waals surface area contributed by atoms with Crippen LogP contribution in [0, 0.1) is 0 Å². The van der Waals surface area contributed by atoms with Crippen molar-refractivity contribution < 1.29 is 0 Å². The van der Waals surface area contributed by atoms with E-state index in [4.69, 9.17) is 5.73 Å². The summed E-state index contributed by atoms with van der Waals surface area (Å²) in [4.78, 5) is 7.45. The van der Waals surface area contributed by atoms with E-state index in [1.807, 2.05) is 11.8 Å². The number of fused-ring (bicyclic) bond motifs is 3. The Morgan fingerprint density at radius 3 is 2.65 bits per heavy atom. The van der Waals surface area contributed by atoms with E-state index >= 15 is 0 Å². The van der Waals surface area contributed by atoms with Crippen LogP contribution in [0.15, 0.2) is 70.5 Å². The van der Waals surface area contributed by atoms with Gasteiger partial charge in [0, 0.05) is 22.9 Å². The van der Waals surface area contributed by atoms with Crippen molar-refractivity contribution in [2.75, 3.05) is 32.1 Å². The van der Waals surface area contributed by atoms with E-state index < -0.39 is 0 Å². The van der Waals surface area contributed by atoms with Crippen molar-refractivity contribution in [2.24, 2.45) is 5.73 Å². The van der Waals surface area contributed by atoms with E-state index in [2.05, 4.69) is 90.6 Å². The second-order valence-electron chi connectivity index (χ2n) is 8.64. The van der Waals surface area contributed by atoms with Gasteiger partial charge in [0.15, 0.2) is 0 Å². The van der Waals surface area contributed by atoms with E-state index in [1.165, 1.54) is 49.0 Å². The zero-order valence-electron chi connectivity index (χ0n) is 18.3. The Kier molecular flexibility index (Phi) is 5.61. The third-order valence-electron chi connectivity index (χ3n) is 6.14. The number of anilines is 2. The van der Waals surface area contributed by atoms with E-state index in [0.717, 1.165) is 25.9 Å². The Bertz CT molecular complexity index is 1150. The molecule has 3 aromatic carbocycles. The quantitative estimate of drug-likeness (QED) is 0.539. The average molecular weight is 428 g/mol. The molecule has 0 spiro atoms. The summed E-state index contributed by atoms with van der Waals surface area (Å²) in [6.45, 7) is 2.71. The molecule has 3 aromatic rings. The molecule has 0 radical (unpaired) electrons. The fraction of sp³-hybridized carbons (Fsp3) is 0.259. The molecule has 0 atom stereocenters. The molecule has 1 heterocycles. The van der Waals surface area contributed by atoms with E-state index in [0.29, 0.717) is 6.54 Å². The molecule has 158 valence electrons. The van der Waals surface area contributed by atoms with Crippen LogP contribution in [0.5, 0.6) is 0 Å². The van der Waals surface area contributed by atoms with Crippen LogP contribution >= 0.6 is 11.8 Å². The molecule has 0 unspecified atom stereocenters. The lowest BCUT2D eigenvalue weighted by molar-refractivity contribution is 0.402. The van der Waals surface area contributed by atoms with Crippen molar-refractivity contribution in [3.63, 3.8) is 0 Å². The Morgan fingerprint density at radius 1 is 0.968 bits per heavy atom. The van der Waals surface area contributed by atoms with Gasteiger partial charge in [-0.2, -0.15) is 0 Å². The summed E-state index contributed by atoms with van der Waals surface area (Å²) in [5.74, 6) is 0. The normalized spacial score (nSPS) is 14.3. The van der Waals surface area contributed by atoms with Crippen molar-refractivity contribution in [3.05, 3.63) is 82.9 Å². The predicted molar refractivity (Wildman–Crippen MR) is 133 cm³/mol. The number of allylic oxidation sites excluding steroid dienone is 1. The summed E-state index contributed by atoms with van der Waals surface area (Å²) in [5.41, 5.74) is 15.1. The average Bonchev–Trinajstić information content (AvgIpc) is 3.21. The van der Waals surface area contributed by atoms with Gasteiger partial charge in [-0.3, -0.25) is 0 Å². The molecule has 2 aliphatic rings. The van der Waals surface area contributed by atoms with Crippen molar-refractivity contribution >= 4 is 34.8 Å². The second kappa shape index (κ2) is 8.54. The topological polar surface area (TPSA) is 32.5 Å². The van der Waals surface area contributed by atoms with Crippen molar-refractivity contribution in [1.82, 2.24) is 4.90 Å². The van der Waals surface area contributed by atoms with Gasteiger partial charge in [-0.25, -0.2) is 0 Å². The molecule has 1 aliphatic heterocycles. The highest BCUT2D eigenvalue weighted by atomic mass is 32.2. The van der Waals surface area contributed by atoms with E-state index in [-0.39, 0.29) is 0 Å². The third kappa shape index (κ3) is 4.03. The first-order chi connectivity index (χ1) is 15.1. The van der Waals surface area contributed by atoms with Crippen molar-refractivity contribution in [3.8, 4) is 0 Å². The van der Waals surface area contributed by atoms with Crippen LogP contribution in [0.2, 0.25) is 0 Å².